The van der Waals surface area contributed by atoms with E-state index in [4.69, 9.17) is 4.98 Å². The van der Waals surface area contributed by atoms with Gasteiger partial charge in [0.2, 0.25) is 0 Å². The number of rotatable bonds is 3. The highest BCUT2D eigenvalue weighted by molar-refractivity contribution is 6.01. The number of hydrogen-bond acceptors (Lipinski definition) is 4. The maximum atomic E-state index is 13.6. The van der Waals surface area contributed by atoms with Crippen molar-refractivity contribution < 1.29 is 4.79 Å². The van der Waals surface area contributed by atoms with Gasteiger partial charge in [0.05, 0.1) is 6.04 Å². The monoisotopic (exact) mass is 384 g/mol. The predicted octanol–water partition coefficient (Wildman–Crippen LogP) is 3.77. The van der Waals surface area contributed by atoms with Crippen LogP contribution in [0.1, 0.15) is 46.3 Å². The van der Waals surface area contributed by atoms with Gasteiger partial charge in [0.15, 0.2) is 5.82 Å². The van der Waals surface area contributed by atoms with E-state index in [1.165, 1.54) is 5.56 Å². The first kappa shape index (κ1) is 18.0. The SMILES string of the molecule is O=C(c1ccccc1-c1ccccc1)N1CCCC1c1ncc2c(n1)CCNC2. The Bertz CT molecular complexity index is 1030. The smallest absolute Gasteiger partial charge is 0.255 e. The summed E-state index contributed by atoms with van der Waals surface area (Å²) in [6.07, 6.45) is 4.74. The topological polar surface area (TPSA) is 58.1 Å². The molecule has 3 aromatic rings. The Morgan fingerprint density at radius 2 is 1.90 bits per heavy atom. The van der Waals surface area contributed by atoms with Crippen LogP contribution in [0.15, 0.2) is 60.8 Å². The first-order valence-corrected chi connectivity index (χ1v) is 10.3. The summed E-state index contributed by atoms with van der Waals surface area (Å²) in [4.78, 5) is 25.0. The fourth-order valence-corrected chi connectivity index (χ4v) is 4.38. The third-order valence-electron chi connectivity index (χ3n) is 5.88. The zero-order chi connectivity index (χ0) is 19.6. The molecule has 2 aliphatic rings. The maximum Gasteiger partial charge on any atom is 0.255 e. The van der Waals surface area contributed by atoms with Crippen molar-refractivity contribution in [3.05, 3.63) is 83.4 Å². The Balaban J connectivity index is 1.48. The summed E-state index contributed by atoms with van der Waals surface area (Å²) >= 11 is 0. The molecule has 0 saturated carbocycles. The van der Waals surface area contributed by atoms with E-state index in [9.17, 15) is 4.79 Å². The molecule has 1 unspecified atom stereocenters. The van der Waals surface area contributed by atoms with Crippen molar-refractivity contribution in [2.24, 2.45) is 0 Å². The number of hydrogen-bond donors (Lipinski definition) is 1. The first-order chi connectivity index (χ1) is 14.3. The summed E-state index contributed by atoms with van der Waals surface area (Å²) in [7, 11) is 0. The third kappa shape index (κ3) is 3.42. The lowest BCUT2D eigenvalue weighted by Gasteiger charge is -2.26. The lowest BCUT2D eigenvalue weighted by molar-refractivity contribution is 0.0730. The van der Waals surface area contributed by atoms with Crippen LogP contribution in [0.25, 0.3) is 11.1 Å². The van der Waals surface area contributed by atoms with Gasteiger partial charge in [-0.1, -0.05) is 48.5 Å². The molecular formula is C24H24N4O. The minimum absolute atomic E-state index is 0.0495. The minimum Gasteiger partial charge on any atom is -0.328 e. The van der Waals surface area contributed by atoms with Crippen LogP contribution in [0.2, 0.25) is 0 Å². The normalized spacial score (nSPS) is 18.5. The van der Waals surface area contributed by atoms with Gasteiger partial charge < -0.3 is 10.2 Å². The number of fused-ring (bicyclic) bond motifs is 1. The fraction of sp³-hybridized carbons (Fsp3) is 0.292. The fourth-order valence-electron chi connectivity index (χ4n) is 4.38. The van der Waals surface area contributed by atoms with Crippen LogP contribution in [-0.2, 0) is 13.0 Å². The van der Waals surface area contributed by atoms with Crippen molar-refractivity contribution in [3.8, 4) is 11.1 Å². The van der Waals surface area contributed by atoms with Crippen molar-refractivity contribution >= 4 is 5.91 Å². The van der Waals surface area contributed by atoms with Gasteiger partial charge in [-0.05, 0) is 30.0 Å². The second-order valence-electron chi connectivity index (χ2n) is 7.70. The molecule has 146 valence electrons. The van der Waals surface area contributed by atoms with E-state index in [0.717, 1.165) is 67.1 Å². The van der Waals surface area contributed by atoms with Crippen LogP contribution in [0.5, 0.6) is 0 Å². The summed E-state index contributed by atoms with van der Waals surface area (Å²) in [6.45, 7) is 2.52. The third-order valence-corrected chi connectivity index (χ3v) is 5.88. The number of carbonyl (C=O) groups excluding carboxylic acids is 1. The number of nitrogens with zero attached hydrogens (tertiary/aromatic N) is 3. The van der Waals surface area contributed by atoms with Crippen molar-refractivity contribution in [2.75, 3.05) is 13.1 Å². The van der Waals surface area contributed by atoms with Crippen molar-refractivity contribution in [2.45, 2.75) is 31.8 Å². The van der Waals surface area contributed by atoms with Crippen molar-refractivity contribution in [1.29, 1.82) is 0 Å². The molecule has 2 aliphatic heterocycles. The van der Waals surface area contributed by atoms with Crippen molar-refractivity contribution in [3.63, 3.8) is 0 Å². The van der Waals surface area contributed by atoms with E-state index < -0.39 is 0 Å². The number of likely N-dealkylation sites (tertiary alicyclic amines) is 1. The maximum absolute atomic E-state index is 13.6. The first-order valence-electron chi connectivity index (χ1n) is 10.3. The number of aromatic nitrogens is 2. The number of carbonyl (C=O) groups is 1. The van der Waals surface area contributed by atoms with E-state index in [1.807, 2.05) is 65.7 Å². The summed E-state index contributed by atoms with van der Waals surface area (Å²) in [6, 6.07) is 17.9. The number of benzene rings is 2. The molecule has 5 nitrogen and oxygen atoms in total. The average Bonchev–Trinajstić information content (AvgIpc) is 3.29. The Morgan fingerprint density at radius 1 is 1.07 bits per heavy atom. The molecule has 0 bridgehead atoms. The summed E-state index contributed by atoms with van der Waals surface area (Å²) < 4.78 is 0. The zero-order valence-corrected chi connectivity index (χ0v) is 16.3. The molecule has 0 spiro atoms. The summed E-state index contributed by atoms with van der Waals surface area (Å²) in [5, 5.41) is 3.36. The second-order valence-corrected chi connectivity index (χ2v) is 7.70. The highest BCUT2D eigenvalue weighted by Crippen LogP contribution is 2.34. The molecule has 0 radical (unpaired) electrons. The second kappa shape index (κ2) is 7.76. The zero-order valence-electron chi connectivity index (χ0n) is 16.3. The highest BCUT2D eigenvalue weighted by atomic mass is 16.2. The van der Waals surface area contributed by atoms with E-state index in [0.29, 0.717) is 0 Å². The molecule has 0 aliphatic carbocycles. The van der Waals surface area contributed by atoms with Gasteiger partial charge in [0, 0.05) is 49.1 Å². The molecule has 1 saturated heterocycles. The van der Waals surface area contributed by atoms with E-state index >= 15 is 0 Å². The molecule has 29 heavy (non-hydrogen) atoms. The number of nitrogens with one attached hydrogen (secondary N) is 1. The minimum atomic E-state index is -0.0495. The Kier molecular flexibility index (Phi) is 4.82. The molecule has 1 atom stereocenters. The van der Waals surface area contributed by atoms with Crippen LogP contribution in [-0.4, -0.2) is 33.9 Å². The van der Waals surface area contributed by atoms with Gasteiger partial charge in [0.1, 0.15) is 0 Å². The molecule has 1 N–H and O–H groups in total. The van der Waals surface area contributed by atoms with Crippen molar-refractivity contribution in [1.82, 2.24) is 20.2 Å². The van der Waals surface area contributed by atoms with E-state index in [-0.39, 0.29) is 11.9 Å². The van der Waals surface area contributed by atoms with Gasteiger partial charge in [0.25, 0.3) is 5.91 Å². The molecule has 1 amide bonds. The lowest BCUT2D eigenvalue weighted by Crippen LogP contribution is -2.32. The molecule has 3 heterocycles. The number of amides is 1. The van der Waals surface area contributed by atoms with E-state index in [2.05, 4.69) is 10.3 Å². The Hall–Kier alpha value is -3.05. The van der Waals surface area contributed by atoms with E-state index in [1.54, 1.807) is 0 Å². The van der Waals surface area contributed by atoms with Gasteiger partial charge in [-0.15, -0.1) is 0 Å². The molecular weight excluding hydrogens is 360 g/mol. The molecule has 1 fully saturated rings. The van der Waals surface area contributed by atoms with Crippen LogP contribution in [0.4, 0.5) is 0 Å². The van der Waals surface area contributed by atoms with Crippen LogP contribution < -0.4 is 5.32 Å². The Labute approximate surface area is 170 Å². The molecule has 5 rings (SSSR count). The van der Waals surface area contributed by atoms with Crippen LogP contribution in [0, 0.1) is 0 Å². The quantitative estimate of drug-likeness (QED) is 0.747. The molecule has 2 aromatic carbocycles. The average molecular weight is 384 g/mol. The van der Waals surface area contributed by atoms with Gasteiger partial charge >= 0.3 is 0 Å². The van der Waals surface area contributed by atoms with Crippen LogP contribution >= 0.6 is 0 Å². The molecule has 1 aromatic heterocycles. The van der Waals surface area contributed by atoms with Gasteiger partial charge in [-0.3, -0.25) is 4.79 Å². The Morgan fingerprint density at radius 3 is 2.79 bits per heavy atom. The largest absolute Gasteiger partial charge is 0.328 e. The standard InChI is InChI=1S/C24H24N4O/c29-24(20-10-5-4-9-19(20)17-7-2-1-3-8-17)28-14-6-11-22(28)23-26-16-18-15-25-13-12-21(18)27-23/h1-5,7-10,16,22,25H,6,11-15H2. The predicted molar refractivity (Wildman–Crippen MR) is 112 cm³/mol. The lowest BCUT2D eigenvalue weighted by atomic mass is 9.98. The van der Waals surface area contributed by atoms with Crippen LogP contribution in [0.3, 0.4) is 0 Å². The molecule has 5 heteroatoms. The van der Waals surface area contributed by atoms with Gasteiger partial charge in [-0.25, -0.2) is 9.97 Å². The summed E-state index contributed by atoms with van der Waals surface area (Å²) in [5.41, 5.74) is 5.07. The highest BCUT2D eigenvalue weighted by Gasteiger charge is 2.34. The summed E-state index contributed by atoms with van der Waals surface area (Å²) in [5.74, 6) is 0.851. The van der Waals surface area contributed by atoms with Gasteiger partial charge in [-0.2, -0.15) is 0 Å².